The quantitative estimate of drug-likeness (QED) is 0.535. The number of hydrogen-bond acceptors (Lipinski definition) is 6. The Bertz CT molecular complexity index is 409. The first kappa shape index (κ1) is 14.0. The van der Waals surface area contributed by atoms with Crippen LogP contribution in [0.4, 0.5) is 13.2 Å². The molecule has 10 heteroatoms. The third-order valence-electron chi connectivity index (χ3n) is 2.81. The number of halogens is 3. The Hall–Kier alpha value is -1.39. The van der Waals surface area contributed by atoms with Crippen molar-refractivity contribution in [2.24, 2.45) is 5.92 Å². The van der Waals surface area contributed by atoms with Crippen LogP contribution >= 0.6 is 0 Å². The molecule has 2 unspecified atom stereocenters. The maximum Gasteiger partial charge on any atom is 0.524 e. The smallest absolute Gasteiger partial charge is 0.374 e. The summed E-state index contributed by atoms with van der Waals surface area (Å²) in [4.78, 5) is 27.5. The first-order valence-corrected chi connectivity index (χ1v) is 5.35. The van der Waals surface area contributed by atoms with Gasteiger partial charge in [0.15, 0.2) is 17.9 Å². The Morgan fingerprint density at radius 1 is 1.58 bits per heavy atom. The van der Waals surface area contributed by atoms with Crippen molar-refractivity contribution in [1.82, 2.24) is 10.4 Å². The highest BCUT2D eigenvalue weighted by atomic mass is 19.4. The molecule has 0 aromatic rings. The lowest BCUT2D eigenvalue weighted by molar-refractivity contribution is -0.352. The predicted molar refractivity (Wildman–Crippen MR) is 50.6 cm³/mol. The van der Waals surface area contributed by atoms with Crippen LogP contribution in [-0.4, -0.2) is 47.4 Å². The van der Waals surface area contributed by atoms with Crippen LogP contribution in [-0.2, 0) is 19.2 Å². The standard InChI is InChI=1S/C9H11F3N2O5/c1-14-6(16)4(7(17)18-14)5(15)13-8(2-3-8)19-9(10,11)12/h4,6,16H,2-3H2,1H3,(H,13,15). The Morgan fingerprint density at radius 3 is 2.53 bits per heavy atom. The zero-order valence-corrected chi connectivity index (χ0v) is 9.73. The van der Waals surface area contributed by atoms with E-state index in [0.717, 1.165) is 5.06 Å². The fraction of sp³-hybridized carbons (Fsp3) is 0.778. The number of nitrogens with zero attached hydrogens (tertiary/aromatic N) is 1. The number of carbonyl (C=O) groups excluding carboxylic acids is 2. The molecule has 2 rings (SSSR count). The average molecular weight is 284 g/mol. The van der Waals surface area contributed by atoms with E-state index in [4.69, 9.17) is 0 Å². The van der Waals surface area contributed by atoms with Gasteiger partial charge in [-0.1, -0.05) is 0 Å². The molecule has 108 valence electrons. The molecule has 0 bridgehead atoms. The van der Waals surface area contributed by atoms with Crippen molar-refractivity contribution >= 4 is 11.9 Å². The minimum absolute atomic E-state index is 0.0219. The van der Waals surface area contributed by atoms with E-state index >= 15 is 0 Å². The van der Waals surface area contributed by atoms with E-state index in [1.165, 1.54) is 7.05 Å². The summed E-state index contributed by atoms with van der Waals surface area (Å²) < 4.78 is 40.1. The second-order valence-corrected chi connectivity index (χ2v) is 4.38. The molecule has 0 aromatic carbocycles. The number of hydrogen-bond donors (Lipinski definition) is 2. The van der Waals surface area contributed by atoms with Gasteiger partial charge < -0.3 is 15.3 Å². The molecule has 2 aliphatic rings. The van der Waals surface area contributed by atoms with E-state index in [1.807, 2.05) is 5.32 Å². The van der Waals surface area contributed by atoms with Gasteiger partial charge >= 0.3 is 12.3 Å². The molecule has 1 saturated heterocycles. The lowest BCUT2D eigenvalue weighted by Crippen LogP contribution is -2.48. The highest BCUT2D eigenvalue weighted by Gasteiger charge is 2.56. The molecule has 0 aromatic heterocycles. The van der Waals surface area contributed by atoms with Gasteiger partial charge in [-0.15, -0.1) is 18.2 Å². The molecule has 1 saturated carbocycles. The lowest BCUT2D eigenvalue weighted by Gasteiger charge is -2.21. The first-order valence-electron chi connectivity index (χ1n) is 5.35. The lowest BCUT2D eigenvalue weighted by atomic mass is 10.1. The Morgan fingerprint density at radius 2 is 2.16 bits per heavy atom. The Balaban J connectivity index is 2.00. The summed E-state index contributed by atoms with van der Waals surface area (Å²) in [5.41, 5.74) is -1.84. The normalized spacial score (nSPS) is 30.1. The first-order chi connectivity index (χ1) is 8.64. The summed E-state index contributed by atoms with van der Waals surface area (Å²) in [6.07, 6.45) is -6.48. The minimum Gasteiger partial charge on any atom is -0.374 e. The van der Waals surface area contributed by atoms with Crippen LogP contribution in [0.2, 0.25) is 0 Å². The SMILES string of the molecule is CN1OC(=O)C(C(=O)NC2(OC(F)(F)F)CC2)C1O. The van der Waals surface area contributed by atoms with Crippen LogP contribution in [0.1, 0.15) is 12.8 Å². The van der Waals surface area contributed by atoms with Gasteiger partial charge in [0.25, 0.3) is 0 Å². The van der Waals surface area contributed by atoms with Crippen LogP contribution < -0.4 is 5.32 Å². The van der Waals surface area contributed by atoms with E-state index in [2.05, 4.69) is 9.57 Å². The van der Waals surface area contributed by atoms with Crippen molar-refractivity contribution < 1.29 is 37.4 Å². The molecule has 1 heterocycles. The number of alkyl halides is 3. The number of carbonyl (C=O) groups is 2. The van der Waals surface area contributed by atoms with Crippen molar-refractivity contribution in [3.8, 4) is 0 Å². The van der Waals surface area contributed by atoms with E-state index < -0.39 is 36.1 Å². The van der Waals surface area contributed by atoms with Crippen molar-refractivity contribution in [3.05, 3.63) is 0 Å². The van der Waals surface area contributed by atoms with Crippen LogP contribution in [0.3, 0.4) is 0 Å². The molecule has 0 radical (unpaired) electrons. The zero-order valence-electron chi connectivity index (χ0n) is 9.73. The van der Waals surface area contributed by atoms with Crippen molar-refractivity contribution in [2.75, 3.05) is 7.05 Å². The molecule has 1 amide bonds. The van der Waals surface area contributed by atoms with Crippen LogP contribution in [0, 0.1) is 5.92 Å². The number of rotatable bonds is 3. The van der Waals surface area contributed by atoms with Gasteiger partial charge in [-0.25, -0.2) is 4.79 Å². The highest BCUT2D eigenvalue weighted by Crippen LogP contribution is 2.42. The van der Waals surface area contributed by atoms with Crippen molar-refractivity contribution in [3.63, 3.8) is 0 Å². The molecule has 19 heavy (non-hydrogen) atoms. The van der Waals surface area contributed by atoms with Gasteiger partial charge in [-0.05, 0) is 0 Å². The van der Waals surface area contributed by atoms with E-state index in [-0.39, 0.29) is 12.8 Å². The molecule has 1 aliphatic carbocycles. The predicted octanol–water partition coefficient (Wildman–Crippen LogP) is -0.533. The third kappa shape index (κ3) is 2.96. The van der Waals surface area contributed by atoms with Gasteiger partial charge in [0.05, 0.1) is 0 Å². The molecule has 2 atom stereocenters. The van der Waals surface area contributed by atoms with E-state index in [1.54, 1.807) is 0 Å². The maximum atomic E-state index is 12.1. The van der Waals surface area contributed by atoms with E-state index in [0.29, 0.717) is 0 Å². The fourth-order valence-corrected chi connectivity index (χ4v) is 1.72. The monoisotopic (exact) mass is 284 g/mol. The Kier molecular flexibility index (Phi) is 3.19. The largest absolute Gasteiger partial charge is 0.524 e. The zero-order chi connectivity index (χ0) is 14.4. The van der Waals surface area contributed by atoms with Crippen molar-refractivity contribution in [2.45, 2.75) is 31.2 Å². The Labute approximate surface area is 105 Å². The van der Waals surface area contributed by atoms with Gasteiger partial charge in [0, 0.05) is 19.9 Å². The van der Waals surface area contributed by atoms with Gasteiger partial charge in [-0.3, -0.25) is 9.53 Å². The van der Waals surface area contributed by atoms with Crippen LogP contribution in [0.5, 0.6) is 0 Å². The number of nitrogens with one attached hydrogen (secondary N) is 1. The minimum atomic E-state index is -4.89. The van der Waals surface area contributed by atoms with Crippen molar-refractivity contribution in [1.29, 1.82) is 0 Å². The maximum absolute atomic E-state index is 12.1. The number of aliphatic hydroxyl groups is 1. The summed E-state index contributed by atoms with van der Waals surface area (Å²) in [5, 5.41) is 12.2. The van der Waals surface area contributed by atoms with Gasteiger partial charge in [0.2, 0.25) is 5.91 Å². The van der Waals surface area contributed by atoms with Gasteiger partial charge in [0.1, 0.15) is 0 Å². The number of aliphatic hydroxyl groups excluding tert-OH is 1. The molecule has 1 aliphatic heterocycles. The summed E-state index contributed by atoms with van der Waals surface area (Å²) in [7, 11) is 1.22. The summed E-state index contributed by atoms with van der Waals surface area (Å²) in [6.45, 7) is 0. The second kappa shape index (κ2) is 4.32. The number of hydroxylamine groups is 2. The number of amides is 1. The van der Waals surface area contributed by atoms with Crippen LogP contribution in [0.25, 0.3) is 0 Å². The van der Waals surface area contributed by atoms with Gasteiger partial charge in [-0.2, -0.15) is 0 Å². The molecular formula is C9H11F3N2O5. The molecule has 7 nitrogen and oxygen atoms in total. The summed E-state index contributed by atoms with van der Waals surface area (Å²) in [6, 6.07) is 0. The summed E-state index contributed by atoms with van der Waals surface area (Å²) >= 11 is 0. The van der Waals surface area contributed by atoms with E-state index in [9.17, 15) is 27.9 Å². The topological polar surface area (TPSA) is 88.1 Å². The number of ether oxygens (including phenoxy) is 1. The molecule has 2 fully saturated rings. The fourth-order valence-electron chi connectivity index (χ4n) is 1.72. The molecule has 0 spiro atoms. The molecular weight excluding hydrogens is 273 g/mol. The molecule has 2 N–H and O–H groups in total. The average Bonchev–Trinajstić information content (AvgIpc) is 2.87. The highest BCUT2D eigenvalue weighted by molar-refractivity contribution is 5.99. The third-order valence-corrected chi connectivity index (χ3v) is 2.81. The second-order valence-electron chi connectivity index (χ2n) is 4.38. The summed E-state index contributed by atoms with van der Waals surface area (Å²) in [5.74, 6) is -3.70. The van der Waals surface area contributed by atoms with Crippen LogP contribution in [0.15, 0.2) is 0 Å².